The number of hydrogen-bond donors (Lipinski definition) is 1. The van der Waals surface area contributed by atoms with E-state index in [1.54, 1.807) is 19.9 Å². The third-order valence-electron chi connectivity index (χ3n) is 5.98. The van der Waals surface area contributed by atoms with Crippen LogP contribution in [0.3, 0.4) is 0 Å². The third kappa shape index (κ3) is 4.16. The molecule has 0 radical (unpaired) electrons. The van der Waals surface area contributed by atoms with Crippen molar-refractivity contribution in [1.82, 2.24) is 9.55 Å². The van der Waals surface area contributed by atoms with Gasteiger partial charge in [-0.3, -0.25) is 9.59 Å². The Bertz CT molecular complexity index is 1280. The van der Waals surface area contributed by atoms with Gasteiger partial charge in [0.1, 0.15) is 5.69 Å². The summed E-state index contributed by atoms with van der Waals surface area (Å²) in [7, 11) is 0. The molecule has 1 aliphatic heterocycles. The van der Waals surface area contributed by atoms with Crippen LogP contribution in [0.4, 0.5) is 0 Å². The molecule has 172 valence electrons. The van der Waals surface area contributed by atoms with Crippen LogP contribution in [-0.4, -0.2) is 40.5 Å². The Hall–Kier alpha value is -3.81. The van der Waals surface area contributed by atoms with E-state index in [0.717, 1.165) is 22.7 Å². The minimum absolute atomic E-state index is 0.133. The molecule has 8 heteroatoms. The van der Waals surface area contributed by atoms with E-state index in [1.807, 2.05) is 36.6 Å². The zero-order valence-corrected chi connectivity index (χ0v) is 19.3. The Balaban J connectivity index is 1.47. The lowest BCUT2D eigenvalue weighted by molar-refractivity contribution is 0.0468. The van der Waals surface area contributed by atoms with Gasteiger partial charge in [0, 0.05) is 34.8 Å². The van der Waals surface area contributed by atoms with Gasteiger partial charge >= 0.3 is 5.97 Å². The van der Waals surface area contributed by atoms with Crippen LogP contribution in [0, 0.1) is 27.7 Å². The van der Waals surface area contributed by atoms with E-state index in [0.29, 0.717) is 34.7 Å². The summed E-state index contributed by atoms with van der Waals surface area (Å²) in [5.74, 6) is 0.347. The largest absolute Gasteiger partial charge is 0.454 e. The first kappa shape index (κ1) is 22.4. The molecule has 0 saturated carbocycles. The summed E-state index contributed by atoms with van der Waals surface area (Å²) >= 11 is 0. The summed E-state index contributed by atoms with van der Waals surface area (Å²) in [6.45, 7) is 9.04. The van der Waals surface area contributed by atoms with Gasteiger partial charge in [0.15, 0.2) is 23.9 Å². The number of fused-ring (bicyclic) bond motifs is 1. The first-order valence-corrected chi connectivity index (χ1v) is 10.6. The molecule has 3 aromatic rings. The normalized spacial score (nSPS) is 12.2. The number of carbonyl (C=O) groups excluding carboxylic acids is 3. The van der Waals surface area contributed by atoms with E-state index >= 15 is 0 Å². The van der Waals surface area contributed by atoms with Gasteiger partial charge in [0.05, 0.1) is 0 Å². The lowest BCUT2D eigenvalue weighted by Crippen LogP contribution is -2.16. The number of ether oxygens (including phenoxy) is 3. The van der Waals surface area contributed by atoms with E-state index in [9.17, 15) is 14.4 Å². The molecule has 1 aromatic carbocycles. The molecule has 0 aliphatic carbocycles. The number of aromatic amines is 1. The highest BCUT2D eigenvalue weighted by molar-refractivity contribution is 6.03. The number of aromatic nitrogens is 2. The van der Waals surface area contributed by atoms with Gasteiger partial charge in [-0.1, -0.05) is 6.07 Å². The summed E-state index contributed by atoms with van der Waals surface area (Å²) in [5.41, 5.74) is 5.03. The molecule has 1 N–H and O–H groups in total. The minimum Gasteiger partial charge on any atom is -0.454 e. The average molecular weight is 450 g/mol. The number of carbonyl (C=O) groups is 3. The first-order valence-electron chi connectivity index (χ1n) is 10.6. The Morgan fingerprint density at radius 1 is 1.06 bits per heavy atom. The van der Waals surface area contributed by atoms with Gasteiger partial charge in [0.2, 0.25) is 12.6 Å². The number of nitrogens with one attached hydrogen (secondary N) is 1. The molecule has 33 heavy (non-hydrogen) atoms. The second-order valence-corrected chi connectivity index (χ2v) is 8.24. The number of hydrogen-bond acceptors (Lipinski definition) is 6. The molecule has 4 rings (SSSR count). The Kier molecular flexibility index (Phi) is 5.84. The smallest absolute Gasteiger partial charge is 0.355 e. The molecule has 0 fully saturated rings. The molecule has 8 nitrogen and oxygen atoms in total. The van der Waals surface area contributed by atoms with Gasteiger partial charge in [-0.05, 0) is 63.9 Å². The highest BCUT2D eigenvalue weighted by atomic mass is 16.7. The maximum atomic E-state index is 12.8. The van der Waals surface area contributed by atoms with E-state index < -0.39 is 5.97 Å². The number of benzene rings is 1. The SMILES string of the molecule is CC(=O)c1c(C)[nH]c(C(=O)OCC(=O)c2cc(C)n(Cc3ccc4c(c3)OCO4)c2C)c1C. The lowest BCUT2D eigenvalue weighted by atomic mass is 10.1. The van der Waals surface area contributed by atoms with Crippen molar-refractivity contribution in [3.63, 3.8) is 0 Å². The summed E-state index contributed by atoms with van der Waals surface area (Å²) < 4.78 is 18.1. The third-order valence-corrected chi connectivity index (χ3v) is 5.98. The van der Waals surface area contributed by atoms with Crippen LogP contribution in [-0.2, 0) is 11.3 Å². The Morgan fingerprint density at radius 3 is 2.48 bits per heavy atom. The fraction of sp³-hybridized carbons (Fsp3) is 0.320. The van der Waals surface area contributed by atoms with Gasteiger partial charge < -0.3 is 23.8 Å². The maximum Gasteiger partial charge on any atom is 0.355 e. The van der Waals surface area contributed by atoms with E-state index in [2.05, 4.69) is 4.98 Å². The fourth-order valence-electron chi connectivity index (χ4n) is 4.31. The van der Waals surface area contributed by atoms with Crippen LogP contribution in [0.2, 0.25) is 0 Å². The van der Waals surface area contributed by atoms with E-state index in [4.69, 9.17) is 14.2 Å². The summed E-state index contributed by atoms with van der Waals surface area (Å²) in [4.78, 5) is 40.1. The topological polar surface area (TPSA) is 99.6 Å². The van der Waals surface area contributed by atoms with Crippen molar-refractivity contribution in [2.45, 2.75) is 41.2 Å². The van der Waals surface area contributed by atoms with Gasteiger partial charge in [0.25, 0.3) is 0 Å². The Labute approximate surface area is 191 Å². The van der Waals surface area contributed by atoms with Crippen LogP contribution in [0.25, 0.3) is 0 Å². The number of rotatable bonds is 7. The molecule has 0 amide bonds. The van der Waals surface area contributed by atoms with Gasteiger partial charge in [-0.2, -0.15) is 0 Å². The predicted molar refractivity (Wildman–Crippen MR) is 120 cm³/mol. The summed E-state index contributed by atoms with van der Waals surface area (Å²) in [5, 5.41) is 0. The number of ketones is 2. The highest BCUT2D eigenvalue weighted by Gasteiger charge is 2.23. The Morgan fingerprint density at radius 2 is 1.79 bits per heavy atom. The number of H-pyrrole nitrogens is 1. The second kappa shape index (κ2) is 8.61. The molecule has 3 heterocycles. The van der Waals surface area contributed by atoms with Crippen LogP contribution >= 0.6 is 0 Å². The van der Waals surface area contributed by atoms with Gasteiger partial charge in [-0.15, -0.1) is 0 Å². The minimum atomic E-state index is -0.661. The average Bonchev–Trinajstić information content (AvgIpc) is 3.43. The first-order chi connectivity index (χ1) is 15.7. The van der Waals surface area contributed by atoms with Gasteiger partial charge in [-0.25, -0.2) is 4.79 Å². The maximum absolute atomic E-state index is 12.8. The quantitative estimate of drug-likeness (QED) is 0.430. The fourth-order valence-corrected chi connectivity index (χ4v) is 4.31. The van der Waals surface area contributed by atoms with Crippen molar-refractivity contribution < 1.29 is 28.6 Å². The zero-order valence-electron chi connectivity index (χ0n) is 19.3. The number of nitrogens with zero attached hydrogens (tertiary/aromatic N) is 1. The standard InChI is InChI=1S/C25H26N2O6/c1-13-8-19(16(4)27(13)10-18-6-7-21-22(9-18)33-12-32-21)20(29)11-31-25(30)24-14(2)23(17(5)28)15(3)26-24/h6-9,26H,10-12H2,1-5H3. The summed E-state index contributed by atoms with van der Waals surface area (Å²) in [6.07, 6.45) is 0. The highest BCUT2D eigenvalue weighted by Crippen LogP contribution is 2.33. The molecule has 0 bridgehead atoms. The number of Topliss-reactive ketones (excluding diaryl/α,β-unsaturated/α-hetero) is 2. The van der Waals surface area contributed by atoms with Crippen molar-refractivity contribution in [3.05, 3.63) is 69.3 Å². The zero-order chi connectivity index (χ0) is 23.9. The second-order valence-electron chi connectivity index (χ2n) is 8.24. The lowest BCUT2D eigenvalue weighted by Gasteiger charge is -2.11. The molecular weight excluding hydrogens is 424 g/mol. The van der Waals surface area contributed by atoms with Crippen LogP contribution < -0.4 is 9.47 Å². The number of esters is 1. The van der Waals surface area contributed by atoms with Crippen molar-refractivity contribution in [2.75, 3.05) is 13.4 Å². The monoisotopic (exact) mass is 450 g/mol. The van der Waals surface area contributed by atoms with Crippen molar-refractivity contribution in [1.29, 1.82) is 0 Å². The van der Waals surface area contributed by atoms with Crippen molar-refractivity contribution in [2.24, 2.45) is 0 Å². The van der Waals surface area contributed by atoms with Crippen molar-refractivity contribution in [3.8, 4) is 11.5 Å². The van der Waals surface area contributed by atoms with E-state index in [-0.39, 0.29) is 30.7 Å². The van der Waals surface area contributed by atoms with Crippen LogP contribution in [0.1, 0.15) is 66.3 Å². The molecule has 0 saturated heterocycles. The van der Waals surface area contributed by atoms with Crippen molar-refractivity contribution >= 4 is 17.5 Å². The molecule has 0 unspecified atom stereocenters. The molecular formula is C25H26N2O6. The molecule has 0 spiro atoms. The molecule has 0 atom stereocenters. The number of aryl methyl sites for hydroxylation is 2. The molecule has 2 aromatic heterocycles. The predicted octanol–water partition coefficient (Wildman–Crippen LogP) is 4.07. The van der Waals surface area contributed by atoms with Crippen LogP contribution in [0.15, 0.2) is 24.3 Å². The van der Waals surface area contributed by atoms with Crippen LogP contribution in [0.5, 0.6) is 11.5 Å². The summed E-state index contributed by atoms with van der Waals surface area (Å²) in [6, 6.07) is 7.57. The van der Waals surface area contributed by atoms with E-state index in [1.165, 1.54) is 6.92 Å². The molecule has 1 aliphatic rings.